The molecule has 0 radical (unpaired) electrons. The van der Waals surface area contributed by atoms with Gasteiger partial charge in [0.25, 0.3) is 5.91 Å². The van der Waals surface area contributed by atoms with Crippen molar-refractivity contribution in [2.75, 3.05) is 0 Å². The van der Waals surface area contributed by atoms with Crippen LogP contribution in [0.2, 0.25) is 5.02 Å². The van der Waals surface area contributed by atoms with Crippen LogP contribution in [-0.4, -0.2) is 30.6 Å². The minimum absolute atomic E-state index is 0.191. The third kappa shape index (κ3) is 5.48. The summed E-state index contributed by atoms with van der Waals surface area (Å²) in [6, 6.07) is 19.3. The van der Waals surface area contributed by atoms with Gasteiger partial charge in [-0.05, 0) is 42.3 Å². The number of rotatable bonds is 8. The molecule has 7 nitrogen and oxygen atoms in total. The second kappa shape index (κ2) is 11.0. The van der Waals surface area contributed by atoms with Crippen molar-refractivity contribution in [1.29, 1.82) is 0 Å². The minimum Gasteiger partial charge on any atom is -0.347 e. The van der Waals surface area contributed by atoms with Gasteiger partial charge in [0.05, 0.1) is 11.4 Å². The zero-order valence-electron chi connectivity index (χ0n) is 19.3. The van der Waals surface area contributed by atoms with Gasteiger partial charge in [-0.25, -0.2) is 4.98 Å². The maximum absolute atomic E-state index is 12.6. The number of nitrogens with one attached hydrogen (secondary N) is 1. The Morgan fingerprint density at radius 3 is 2.69 bits per heavy atom. The van der Waals surface area contributed by atoms with Crippen molar-refractivity contribution in [1.82, 2.24) is 30.0 Å². The average molecular weight is 533 g/mol. The van der Waals surface area contributed by atoms with E-state index in [4.69, 9.17) is 11.6 Å². The summed E-state index contributed by atoms with van der Waals surface area (Å²) in [5.74, 6) is 1.06. The topological polar surface area (TPSA) is 85.6 Å². The van der Waals surface area contributed by atoms with Crippen LogP contribution in [0, 0.1) is 6.92 Å². The van der Waals surface area contributed by atoms with Gasteiger partial charge in [0.2, 0.25) is 0 Å². The fraction of sp³-hybridized carbons (Fsp3) is 0.115. The molecule has 0 saturated carbocycles. The molecule has 0 aliphatic rings. The Labute approximate surface area is 221 Å². The molecule has 2 aromatic carbocycles. The first kappa shape index (κ1) is 24.2. The molecule has 180 valence electrons. The monoisotopic (exact) mass is 532 g/mol. The van der Waals surface area contributed by atoms with Gasteiger partial charge in [-0.2, -0.15) is 0 Å². The highest BCUT2D eigenvalue weighted by molar-refractivity contribution is 7.98. The number of pyridine rings is 1. The number of aryl methyl sites for hydroxylation is 1. The van der Waals surface area contributed by atoms with Crippen LogP contribution in [0.3, 0.4) is 0 Å². The Kier molecular flexibility index (Phi) is 7.41. The molecule has 5 rings (SSSR count). The molecule has 0 bridgehead atoms. The smallest absolute Gasteiger partial charge is 0.271 e. The number of carbonyl (C=O) groups is 1. The van der Waals surface area contributed by atoms with Crippen LogP contribution in [0.15, 0.2) is 83.6 Å². The van der Waals surface area contributed by atoms with E-state index < -0.39 is 0 Å². The zero-order valence-corrected chi connectivity index (χ0v) is 21.6. The number of thioether (sulfide) groups is 1. The maximum Gasteiger partial charge on any atom is 0.271 e. The largest absolute Gasteiger partial charge is 0.347 e. The first-order valence-corrected chi connectivity index (χ1v) is 13.3. The van der Waals surface area contributed by atoms with Gasteiger partial charge in [0.1, 0.15) is 10.7 Å². The van der Waals surface area contributed by atoms with E-state index in [1.165, 1.54) is 23.1 Å². The predicted octanol–water partition coefficient (Wildman–Crippen LogP) is 5.97. The fourth-order valence-corrected chi connectivity index (χ4v) is 5.47. The van der Waals surface area contributed by atoms with Crippen molar-refractivity contribution in [3.8, 4) is 17.1 Å². The molecule has 5 aromatic rings. The molecule has 1 N–H and O–H groups in total. The van der Waals surface area contributed by atoms with Crippen LogP contribution in [0.4, 0.5) is 0 Å². The Balaban J connectivity index is 1.35. The number of hydrogen-bond donors (Lipinski definition) is 1. The second-order valence-electron chi connectivity index (χ2n) is 7.89. The van der Waals surface area contributed by atoms with Crippen LogP contribution in [0.25, 0.3) is 17.1 Å². The summed E-state index contributed by atoms with van der Waals surface area (Å²) in [7, 11) is 0. The van der Waals surface area contributed by atoms with E-state index >= 15 is 0 Å². The molecule has 0 fully saturated rings. The van der Waals surface area contributed by atoms with Crippen molar-refractivity contribution in [3.63, 3.8) is 0 Å². The molecule has 1 amide bonds. The first-order valence-electron chi connectivity index (χ1n) is 11.1. The summed E-state index contributed by atoms with van der Waals surface area (Å²) in [6.07, 6.45) is 3.46. The number of halogens is 1. The molecular formula is C26H21ClN6OS2. The fourth-order valence-electron chi connectivity index (χ4n) is 3.57. The van der Waals surface area contributed by atoms with Crippen LogP contribution in [0.1, 0.15) is 26.6 Å². The van der Waals surface area contributed by atoms with Gasteiger partial charge in [0, 0.05) is 34.9 Å². The summed E-state index contributed by atoms with van der Waals surface area (Å²) in [4.78, 5) is 21.2. The van der Waals surface area contributed by atoms with E-state index in [1.807, 2.05) is 72.2 Å². The van der Waals surface area contributed by atoms with E-state index in [1.54, 1.807) is 17.8 Å². The second-order valence-corrected chi connectivity index (χ2v) is 10.2. The van der Waals surface area contributed by atoms with Gasteiger partial charge in [-0.3, -0.25) is 14.3 Å². The van der Waals surface area contributed by atoms with E-state index in [2.05, 4.69) is 25.5 Å². The number of benzene rings is 2. The lowest BCUT2D eigenvalue weighted by molar-refractivity contribution is 0.0946. The summed E-state index contributed by atoms with van der Waals surface area (Å²) < 4.78 is 2.00. The molecule has 10 heteroatoms. The maximum atomic E-state index is 12.6. The summed E-state index contributed by atoms with van der Waals surface area (Å²) in [6.45, 7) is 2.48. The van der Waals surface area contributed by atoms with Gasteiger partial charge in [0.15, 0.2) is 11.0 Å². The lowest BCUT2D eigenvalue weighted by atomic mass is 10.2. The summed E-state index contributed by atoms with van der Waals surface area (Å²) >= 11 is 9.29. The molecule has 0 aliphatic heterocycles. The Hall–Kier alpha value is -3.53. The SMILES string of the molecule is Cc1ccc(Cl)cc1-n1c(SCc2nc(C(=O)NCc3ccccc3)cs2)nnc1-c1ccncc1. The van der Waals surface area contributed by atoms with Crippen LogP contribution in [-0.2, 0) is 12.3 Å². The highest BCUT2D eigenvalue weighted by Crippen LogP contribution is 2.32. The molecule has 3 heterocycles. The molecule has 0 spiro atoms. The van der Waals surface area contributed by atoms with Crippen molar-refractivity contribution in [2.45, 2.75) is 24.4 Å². The van der Waals surface area contributed by atoms with Crippen molar-refractivity contribution < 1.29 is 4.79 Å². The summed E-state index contributed by atoms with van der Waals surface area (Å²) in [5.41, 5.74) is 4.30. The molecule has 0 unspecified atom stereocenters. The standard InChI is InChI=1S/C26H21ClN6OS2/c1-17-7-8-20(27)13-22(17)33-24(19-9-11-28-12-10-19)31-32-26(33)36-16-23-30-21(15-35-23)25(34)29-14-18-5-3-2-4-6-18/h2-13,15H,14,16H2,1H3,(H,29,34). The predicted molar refractivity (Wildman–Crippen MR) is 144 cm³/mol. The number of thiazole rings is 1. The molecule has 3 aromatic heterocycles. The number of nitrogens with zero attached hydrogens (tertiary/aromatic N) is 5. The minimum atomic E-state index is -0.191. The molecule has 36 heavy (non-hydrogen) atoms. The van der Waals surface area contributed by atoms with Gasteiger partial charge < -0.3 is 5.32 Å². The number of hydrogen-bond acceptors (Lipinski definition) is 7. The lowest BCUT2D eigenvalue weighted by Gasteiger charge is -2.13. The quantitative estimate of drug-likeness (QED) is 0.248. The average Bonchev–Trinajstić information content (AvgIpc) is 3.56. The van der Waals surface area contributed by atoms with Crippen molar-refractivity contribution >= 4 is 40.6 Å². The van der Waals surface area contributed by atoms with Crippen molar-refractivity contribution in [3.05, 3.63) is 105 Å². The summed E-state index contributed by atoms with van der Waals surface area (Å²) in [5, 5.41) is 15.8. The molecule has 0 atom stereocenters. The Morgan fingerprint density at radius 1 is 1.08 bits per heavy atom. The van der Waals surface area contributed by atoms with E-state index in [0.717, 1.165) is 27.4 Å². The van der Waals surface area contributed by atoms with E-state index in [-0.39, 0.29) is 5.91 Å². The highest BCUT2D eigenvalue weighted by Gasteiger charge is 2.19. The van der Waals surface area contributed by atoms with Crippen molar-refractivity contribution in [2.24, 2.45) is 0 Å². The first-order chi connectivity index (χ1) is 17.6. The lowest BCUT2D eigenvalue weighted by Crippen LogP contribution is -2.23. The van der Waals surface area contributed by atoms with Crippen LogP contribution >= 0.6 is 34.7 Å². The zero-order chi connectivity index (χ0) is 24.9. The highest BCUT2D eigenvalue weighted by atomic mass is 35.5. The third-order valence-corrected chi connectivity index (χ3v) is 7.60. The van der Waals surface area contributed by atoms with Crippen LogP contribution in [0.5, 0.6) is 0 Å². The van der Waals surface area contributed by atoms with Gasteiger partial charge >= 0.3 is 0 Å². The van der Waals surface area contributed by atoms with Gasteiger partial charge in [-0.1, -0.05) is 59.8 Å². The normalized spacial score (nSPS) is 10.9. The van der Waals surface area contributed by atoms with E-state index in [0.29, 0.717) is 34.0 Å². The molecule has 0 aliphatic carbocycles. The third-order valence-electron chi connectivity index (χ3n) is 5.39. The number of aromatic nitrogens is 5. The molecule has 0 saturated heterocycles. The van der Waals surface area contributed by atoms with Gasteiger partial charge in [-0.15, -0.1) is 21.5 Å². The van der Waals surface area contributed by atoms with E-state index in [9.17, 15) is 4.79 Å². The van der Waals surface area contributed by atoms with Crippen LogP contribution < -0.4 is 5.32 Å². The Morgan fingerprint density at radius 2 is 1.89 bits per heavy atom. The number of carbonyl (C=O) groups excluding carboxylic acids is 1. The molecular weight excluding hydrogens is 512 g/mol. The number of amides is 1. The Bertz CT molecular complexity index is 1490.